The molecule has 0 N–H and O–H groups in total. The number of piperidine rings is 1. The number of nitrogens with zero attached hydrogens (tertiary/aromatic N) is 1. The average molecular weight is 275 g/mol. The maximum absolute atomic E-state index is 13.1. The van der Waals surface area contributed by atoms with E-state index in [0.29, 0.717) is 36.2 Å². The Balaban J connectivity index is 1.86. The normalized spacial score (nSPS) is 51.4. The van der Waals surface area contributed by atoms with Crippen molar-refractivity contribution < 1.29 is 9.59 Å². The topological polar surface area (TPSA) is 37.4 Å². The van der Waals surface area contributed by atoms with Gasteiger partial charge in [-0.3, -0.25) is 9.59 Å². The van der Waals surface area contributed by atoms with Crippen LogP contribution in [0.3, 0.4) is 0 Å². The molecule has 0 aromatic heterocycles. The fourth-order valence-corrected chi connectivity index (χ4v) is 6.17. The number of Topliss-reactive ketones (excluding diaryl/α,β-unsaturated/α-hetero) is 2. The Kier molecular flexibility index (Phi) is 2.70. The Morgan fingerprint density at radius 1 is 1.05 bits per heavy atom. The molecule has 2 aliphatic heterocycles. The number of fused-ring (bicyclic) bond motifs is 1. The van der Waals surface area contributed by atoms with Crippen molar-refractivity contribution in [3.63, 3.8) is 0 Å². The van der Waals surface area contributed by atoms with Gasteiger partial charge in [0.25, 0.3) is 0 Å². The molecular formula is C17H25NO2. The molecule has 2 aliphatic carbocycles. The van der Waals surface area contributed by atoms with Crippen molar-refractivity contribution in [3.8, 4) is 0 Å². The van der Waals surface area contributed by atoms with Crippen molar-refractivity contribution in [2.45, 2.75) is 51.9 Å². The first-order valence-electron chi connectivity index (χ1n) is 8.37. The van der Waals surface area contributed by atoms with Crippen LogP contribution in [0.2, 0.25) is 0 Å². The van der Waals surface area contributed by atoms with Gasteiger partial charge in [0.05, 0.1) is 5.41 Å². The highest BCUT2D eigenvalue weighted by molar-refractivity contribution is 6.00. The van der Waals surface area contributed by atoms with E-state index in [1.807, 2.05) is 0 Å². The van der Waals surface area contributed by atoms with Gasteiger partial charge in [0, 0.05) is 24.8 Å². The van der Waals surface area contributed by atoms with Gasteiger partial charge in [-0.2, -0.15) is 0 Å². The molecule has 4 fully saturated rings. The highest BCUT2D eigenvalue weighted by atomic mass is 16.1. The molecule has 3 nitrogen and oxygen atoms in total. The van der Waals surface area contributed by atoms with E-state index in [-0.39, 0.29) is 10.8 Å². The summed E-state index contributed by atoms with van der Waals surface area (Å²) in [5.74, 6) is 1.70. The Morgan fingerprint density at radius 3 is 2.60 bits per heavy atom. The lowest BCUT2D eigenvalue weighted by atomic mass is 9.51. The number of carbonyl (C=O) groups is 2. The molecule has 4 rings (SSSR count). The lowest BCUT2D eigenvalue weighted by Gasteiger charge is -2.51. The molecule has 4 aliphatic rings. The molecule has 2 saturated heterocycles. The second kappa shape index (κ2) is 4.16. The zero-order valence-corrected chi connectivity index (χ0v) is 12.5. The Labute approximate surface area is 121 Å². The molecule has 0 aromatic carbocycles. The molecule has 0 amide bonds. The zero-order valence-electron chi connectivity index (χ0n) is 12.5. The smallest absolute Gasteiger partial charge is 0.141 e. The van der Waals surface area contributed by atoms with Crippen LogP contribution in [0.4, 0.5) is 0 Å². The third kappa shape index (κ3) is 1.40. The van der Waals surface area contributed by atoms with Crippen molar-refractivity contribution in [1.82, 2.24) is 4.90 Å². The van der Waals surface area contributed by atoms with E-state index in [9.17, 15) is 9.59 Å². The van der Waals surface area contributed by atoms with Crippen LogP contribution in [0.15, 0.2) is 0 Å². The Bertz CT molecular complexity index is 474. The molecule has 0 radical (unpaired) electrons. The summed E-state index contributed by atoms with van der Waals surface area (Å²) >= 11 is 0. The average Bonchev–Trinajstić information content (AvgIpc) is 2.55. The molecule has 110 valence electrons. The summed E-state index contributed by atoms with van der Waals surface area (Å²) in [5.41, 5.74) is -0.574. The van der Waals surface area contributed by atoms with Crippen LogP contribution in [0.5, 0.6) is 0 Å². The van der Waals surface area contributed by atoms with Gasteiger partial charge in [0.2, 0.25) is 0 Å². The third-order valence-electron chi connectivity index (χ3n) is 6.85. The maximum atomic E-state index is 13.1. The highest BCUT2D eigenvalue weighted by Gasteiger charge is 2.69. The Morgan fingerprint density at radius 2 is 1.80 bits per heavy atom. The molecule has 5 atom stereocenters. The first-order chi connectivity index (χ1) is 9.58. The van der Waals surface area contributed by atoms with Crippen molar-refractivity contribution in [3.05, 3.63) is 0 Å². The predicted octanol–water partition coefficient (Wildman–Crippen LogP) is 2.44. The van der Waals surface area contributed by atoms with Gasteiger partial charge in [-0.25, -0.2) is 0 Å². The number of rotatable bonds is 0. The van der Waals surface area contributed by atoms with Crippen molar-refractivity contribution in [2.24, 2.45) is 22.7 Å². The molecule has 2 saturated carbocycles. The predicted molar refractivity (Wildman–Crippen MR) is 76.3 cm³/mol. The zero-order chi connectivity index (χ0) is 14.0. The molecule has 1 unspecified atom stereocenters. The van der Waals surface area contributed by atoms with Gasteiger partial charge < -0.3 is 4.90 Å². The first kappa shape index (κ1) is 13.0. The second-order valence-corrected chi connectivity index (χ2v) is 7.83. The van der Waals surface area contributed by atoms with Gasteiger partial charge in [-0.1, -0.05) is 6.92 Å². The minimum Gasteiger partial charge on any atom is -0.302 e. The summed E-state index contributed by atoms with van der Waals surface area (Å²) < 4.78 is 0. The van der Waals surface area contributed by atoms with Crippen molar-refractivity contribution in [2.75, 3.05) is 19.6 Å². The highest BCUT2D eigenvalue weighted by Crippen LogP contribution is 2.65. The van der Waals surface area contributed by atoms with Crippen LogP contribution in [0.25, 0.3) is 0 Å². The van der Waals surface area contributed by atoms with Crippen LogP contribution in [-0.4, -0.2) is 36.1 Å². The first-order valence-corrected chi connectivity index (χ1v) is 8.37. The van der Waals surface area contributed by atoms with Gasteiger partial charge in [-0.05, 0) is 57.0 Å². The standard InChI is InChI=1S/C17H25NO2/c1-12-8-13-10-14(19)16-4-2-6-18(11-16)7-3-5-17(13,16)15(20)9-12/h12-13H,2-11H2,1H3/t12-,13+,16-,17-/m1/s1. The van der Waals surface area contributed by atoms with Gasteiger partial charge >= 0.3 is 0 Å². The lowest BCUT2D eigenvalue weighted by molar-refractivity contribution is -0.153. The SMILES string of the molecule is C[C@H]1CC(=O)[C@]23CCCN4CCC[C@@]2(C4)C(=O)C[C@@H]3C1. The van der Waals surface area contributed by atoms with Crippen molar-refractivity contribution in [1.29, 1.82) is 0 Å². The van der Waals surface area contributed by atoms with E-state index in [2.05, 4.69) is 11.8 Å². The van der Waals surface area contributed by atoms with E-state index in [1.54, 1.807) is 0 Å². The minimum absolute atomic E-state index is 0.272. The van der Waals surface area contributed by atoms with Crippen LogP contribution in [0, 0.1) is 22.7 Å². The lowest BCUT2D eigenvalue weighted by Crippen LogP contribution is -2.57. The monoisotopic (exact) mass is 275 g/mol. The maximum Gasteiger partial charge on any atom is 0.141 e. The fraction of sp³-hybridized carbons (Fsp3) is 0.882. The molecule has 20 heavy (non-hydrogen) atoms. The van der Waals surface area contributed by atoms with Crippen LogP contribution < -0.4 is 0 Å². The van der Waals surface area contributed by atoms with Crippen molar-refractivity contribution >= 4 is 11.6 Å². The van der Waals surface area contributed by atoms with E-state index in [0.717, 1.165) is 51.7 Å². The largest absolute Gasteiger partial charge is 0.302 e. The van der Waals surface area contributed by atoms with E-state index < -0.39 is 0 Å². The fourth-order valence-electron chi connectivity index (χ4n) is 6.17. The van der Waals surface area contributed by atoms with E-state index >= 15 is 0 Å². The summed E-state index contributed by atoms with van der Waals surface area (Å²) in [6, 6.07) is 0. The Hall–Kier alpha value is -0.700. The van der Waals surface area contributed by atoms with Crippen LogP contribution in [0.1, 0.15) is 51.9 Å². The minimum atomic E-state index is -0.302. The summed E-state index contributed by atoms with van der Waals surface area (Å²) in [4.78, 5) is 28.5. The van der Waals surface area contributed by atoms with Gasteiger partial charge in [0.1, 0.15) is 11.6 Å². The molecule has 2 heterocycles. The molecule has 3 heteroatoms. The van der Waals surface area contributed by atoms with Crippen LogP contribution >= 0.6 is 0 Å². The number of hydrogen-bond acceptors (Lipinski definition) is 3. The number of ketones is 2. The quantitative estimate of drug-likeness (QED) is 0.681. The van der Waals surface area contributed by atoms with Gasteiger partial charge in [-0.15, -0.1) is 0 Å². The second-order valence-electron chi connectivity index (χ2n) is 7.83. The molecule has 2 spiro atoms. The number of carbonyl (C=O) groups excluding carboxylic acids is 2. The summed E-state index contributed by atoms with van der Waals surface area (Å²) in [7, 11) is 0. The molecular weight excluding hydrogens is 250 g/mol. The number of hydrogen-bond donors (Lipinski definition) is 0. The summed E-state index contributed by atoms with van der Waals surface area (Å²) in [5, 5.41) is 0. The third-order valence-corrected chi connectivity index (χ3v) is 6.85. The van der Waals surface area contributed by atoms with Gasteiger partial charge in [0.15, 0.2) is 0 Å². The molecule has 2 bridgehead atoms. The van der Waals surface area contributed by atoms with E-state index in [4.69, 9.17) is 0 Å². The summed E-state index contributed by atoms with van der Waals surface area (Å²) in [6.07, 6.45) is 6.65. The van der Waals surface area contributed by atoms with E-state index in [1.165, 1.54) is 0 Å². The summed E-state index contributed by atoms with van der Waals surface area (Å²) in [6.45, 7) is 5.28. The molecule has 0 aromatic rings. The van der Waals surface area contributed by atoms with Crippen LogP contribution in [-0.2, 0) is 9.59 Å².